The molecule has 7 heteroatoms. The van der Waals surface area contributed by atoms with Gasteiger partial charge in [-0.15, -0.1) is 0 Å². The van der Waals surface area contributed by atoms with Gasteiger partial charge in [0.15, 0.2) is 0 Å². The molecule has 1 aliphatic heterocycles. The van der Waals surface area contributed by atoms with Crippen LogP contribution in [-0.2, 0) is 10.3 Å². The van der Waals surface area contributed by atoms with Crippen LogP contribution < -0.4 is 16.4 Å². The predicted octanol–water partition coefficient (Wildman–Crippen LogP) is 0.401. The first-order valence-corrected chi connectivity index (χ1v) is 7.96. The number of hydrogen-bond acceptors (Lipinski definition) is 6. The fourth-order valence-corrected chi connectivity index (χ4v) is 3.49. The molecule has 2 aromatic rings. The summed E-state index contributed by atoms with van der Waals surface area (Å²) in [6.45, 7) is 3.53. The molecular weight excluding hydrogens is 304 g/mol. The Hall–Kier alpha value is -2.56. The van der Waals surface area contributed by atoms with E-state index in [1.54, 1.807) is 18.5 Å². The van der Waals surface area contributed by atoms with Gasteiger partial charge in [0, 0.05) is 24.5 Å². The van der Waals surface area contributed by atoms with Crippen LogP contribution in [0, 0.1) is 17.2 Å². The summed E-state index contributed by atoms with van der Waals surface area (Å²) in [4.78, 5) is 20.8. The minimum absolute atomic E-state index is 0.0734. The number of nitrogens with two attached hydrogens (primary N) is 1. The van der Waals surface area contributed by atoms with Gasteiger partial charge in [-0.3, -0.25) is 14.8 Å². The number of nitrogens with zero attached hydrogens (tertiary/aromatic N) is 3. The summed E-state index contributed by atoms with van der Waals surface area (Å²) in [5, 5.41) is 15.8. The summed E-state index contributed by atoms with van der Waals surface area (Å²) in [7, 11) is 0. The number of aromatic nitrogens is 2. The highest BCUT2D eigenvalue weighted by Crippen LogP contribution is 2.35. The van der Waals surface area contributed by atoms with Gasteiger partial charge in [-0.2, -0.15) is 5.26 Å². The Morgan fingerprint density at radius 3 is 2.88 bits per heavy atom. The molecule has 124 valence electrons. The molecule has 4 N–H and O–H groups in total. The Labute approximate surface area is 140 Å². The van der Waals surface area contributed by atoms with E-state index in [4.69, 9.17) is 5.73 Å². The van der Waals surface area contributed by atoms with Gasteiger partial charge in [-0.1, -0.05) is 13.0 Å². The number of nitrogens with one attached hydrogen (secondary N) is 2. The maximum absolute atomic E-state index is 12.1. The van der Waals surface area contributed by atoms with Crippen LogP contribution in [0.15, 0.2) is 24.5 Å². The molecule has 0 radical (unpaired) electrons. The molecule has 7 nitrogen and oxygen atoms in total. The lowest BCUT2D eigenvalue weighted by Crippen LogP contribution is -2.58. The summed E-state index contributed by atoms with van der Waals surface area (Å²) < 4.78 is 0. The van der Waals surface area contributed by atoms with Gasteiger partial charge in [-0.25, -0.2) is 0 Å². The van der Waals surface area contributed by atoms with Crippen molar-refractivity contribution >= 4 is 16.9 Å². The van der Waals surface area contributed by atoms with E-state index in [9.17, 15) is 10.1 Å². The van der Waals surface area contributed by atoms with Crippen molar-refractivity contribution in [2.24, 2.45) is 11.7 Å². The van der Waals surface area contributed by atoms with Crippen molar-refractivity contribution in [2.45, 2.75) is 18.9 Å². The Bertz CT molecular complexity index is 814. The first kappa shape index (κ1) is 16.3. The molecule has 0 bridgehead atoms. The topological polar surface area (TPSA) is 117 Å². The number of benzene rings is 1. The van der Waals surface area contributed by atoms with Crippen molar-refractivity contribution in [3.63, 3.8) is 0 Å². The number of piperidine rings is 1. The van der Waals surface area contributed by atoms with Crippen LogP contribution in [0.1, 0.15) is 24.5 Å². The van der Waals surface area contributed by atoms with Crippen LogP contribution in [0.4, 0.5) is 0 Å². The van der Waals surface area contributed by atoms with E-state index in [2.05, 4.69) is 33.6 Å². The van der Waals surface area contributed by atoms with Gasteiger partial charge in [-0.05, 0) is 24.9 Å². The minimum Gasteiger partial charge on any atom is -0.344 e. The molecule has 1 aliphatic rings. The SMILES string of the molecule is C[C@@H]1CNC[C@](NC(=O)CN)(c2ccc(C#N)c3nccnc23)C1. The van der Waals surface area contributed by atoms with Crippen molar-refractivity contribution in [2.75, 3.05) is 19.6 Å². The van der Waals surface area contributed by atoms with Crippen molar-refractivity contribution in [1.29, 1.82) is 5.26 Å². The second-order valence-corrected chi connectivity index (χ2v) is 6.30. The van der Waals surface area contributed by atoms with E-state index in [0.29, 0.717) is 29.1 Å². The van der Waals surface area contributed by atoms with Crippen LogP contribution in [0.25, 0.3) is 11.0 Å². The van der Waals surface area contributed by atoms with Gasteiger partial charge in [0.05, 0.1) is 23.2 Å². The summed E-state index contributed by atoms with van der Waals surface area (Å²) >= 11 is 0. The van der Waals surface area contributed by atoms with E-state index in [1.165, 1.54) is 0 Å². The van der Waals surface area contributed by atoms with E-state index in [-0.39, 0.29) is 12.5 Å². The molecule has 24 heavy (non-hydrogen) atoms. The highest BCUT2D eigenvalue weighted by atomic mass is 16.2. The number of hydrogen-bond donors (Lipinski definition) is 3. The van der Waals surface area contributed by atoms with E-state index in [0.717, 1.165) is 18.5 Å². The molecular formula is C17H20N6O. The van der Waals surface area contributed by atoms with Crippen molar-refractivity contribution in [3.05, 3.63) is 35.7 Å². The molecule has 1 aromatic heterocycles. The van der Waals surface area contributed by atoms with Crippen molar-refractivity contribution in [1.82, 2.24) is 20.6 Å². The third kappa shape index (κ3) is 2.82. The molecule has 2 heterocycles. The zero-order valence-corrected chi connectivity index (χ0v) is 13.5. The maximum Gasteiger partial charge on any atom is 0.234 e. The first-order chi connectivity index (χ1) is 11.6. The van der Waals surface area contributed by atoms with Gasteiger partial charge >= 0.3 is 0 Å². The summed E-state index contributed by atoms with van der Waals surface area (Å²) in [5.74, 6) is 0.159. The summed E-state index contributed by atoms with van der Waals surface area (Å²) in [6, 6.07) is 5.75. The van der Waals surface area contributed by atoms with Crippen molar-refractivity contribution in [3.8, 4) is 6.07 Å². The van der Waals surface area contributed by atoms with Crippen molar-refractivity contribution < 1.29 is 4.79 Å². The molecule has 1 aromatic carbocycles. The van der Waals surface area contributed by atoms with Gasteiger partial charge < -0.3 is 16.4 Å². The Morgan fingerprint density at radius 2 is 2.21 bits per heavy atom. The quantitative estimate of drug-likeness (QED) is 0.752. The number of carbonyl (C=O) groups excluding carboxylic acids is 1. The molecule has 0 unspecified atom stereocenters. The van der Waals surface area contributed by atoms with Crippen LogP contribution in [-0.4, -0.2) is 35.5 Å². The number of nitriles is 1. The van der Waals surface area contributed by atoms with Crippen LogP contribution in [0.3, 0.4) is 0 Å². The number of rotatable bonds is 3. The lowest BCUT2D eigenvalue weighted by atomic mass is 9.78. The second kappa shape index (κ2) is 6.51. The molecule has 0 spiro atoms. The van der Waals surface area contributed by atoms with Gasteiger partial charge in [0.2, 0.25) is 5.91 Å². The molecule has 1 saturated heterocycles. The monoisotopic (exact) mass is 324 g/mol. The standard InChI is InChI=1S/C17H20N6O/c1-11-6-17(10-20-9-11,23-14(24)8-19)13-3-2-12(7-18)15-16(13)22-5-4-21-15/h2-5,11,20H,6,8-10,19H2,1H3,(H,23,24)/t11-,17-/m0/s1. The van der Waals surface area contributed by atoms with E-state index < -0.39 is 5.54 Å². The van der Waals surface area contributed by atoms with Crippen LogP contribution >= 0.6 is 0 Å². The van der Waals surface area contributed by atoms with E-state index in [1.807, 2.05) is 6.07 Å². The van der Waals surface area contributed by atoms with Gasteiger partial charge in [0.1, 0.15) is 11.6 Å². The summed E-state index contributed by atoms with van der Waals surface area (Å²) in [5.41, 5.74) is 7.43. The van der Waals surface area contributed by atoms with Gasteiger partial charge in [0.25, 0.3) is 0 Å². The Kier molecular flexibility index (Phi) is 4.42. The molecule has 0 saturated carbocycles. The fourth-order valence-electron chi connectivity index (χ4n) is 3.49. The largest absolute Gasteiger partial charge is 0.344 e. The molecule has 3 rings (SSSR count). The average Bonchev–Trinajstić information content (AvgIpc) is 2.60. The highest BCUT2D eigenvalue weighted by Gasteiger charge is 2.39. The molecule has 0 aliphatic carbocycles. The highest BCUT2D eigenvalue weighted by molar-refractivity contribution is 5.86. The Morgan fingerprint density at radius 1 is 1.46 bits per heavy atom. The average molecular weight is 324 g/mol. The molecule has 2 atom stereocenters. The third-order valence-electron chi connectivity index (χ3n) is 4.44. The smallest absolute Gasteiger partial charge is 0.234 e. The van der Waals surface area contributed by atoms with Crippen LogP contribution in [0.5, 0.6) is 0 Å². The number of fused-ring (bicyclic) bond motifs is 1. The molecule has 1 fully saturated rings. The number of carbonyl (C=O) groups is 1. The second-order valence-electron chi connectivity index (χ2n) is 6.30. The first-order valence-electron chi connectivity index (χ1n) is 7.96. The minimum atomic E-state index is -0.615. The fraction of sp³-hybridized carbons (Fsp3) is 0.412. The zero-order chi connectivity index (χ0) is 17.2. The number of amides is 1. The lowest BCUT2D eigenvalue weighted by molar-refractivity contribution is -0.122. The Balaban J connectivity index is 2.20. The predicted molar refractivity (Wildman–Crippen MR) is 89.8 cm³/mol. The van der Waals surface area contributed by atoms with Crippen LogP contribution in [0.2, 0.25) is 0 Å². The lowest BCUT2D eigenvalue weighted by Gasteiger charge is -2.42. The zero-order valence-electron chi connectivity index (χ0n) is 13.5. The third-order valence-corrected chi connectivity index (χ3v) is 4.44. The van der Waals surface area contributed by atoms with E-state index >= 15 is 0 Å². The summed E-state index contributed by atoms with van der Waals surface area (Å²) in [6.07, 6.45) is 3.94. The molecule has 1 amide bonds. The maximum atomic E-state index is 12.1. The normalized spacial score (nSPS) is 23.6.